The van der Waals surface area contributed by atoms with Crippen LogP contribution in [0.25, 0.3) is 0 Å². The summed E-state index contributed by atoms with van der Waals surface area (Å²) in [6.45, 7) is 0. The summed E-state index contributed by atoms with van der Waals surface area (Å²) < 4.78 is 27.9. The molecule has 2 rings (SSSR count). The predicted molar refractivity (Wildman–Crippen MR) is 83.4 cm³/mol. The summed E-state index contributed by atoms with van der Waals surface area (Å²) >= 11 is 3.27. The lowest BCUT2D eigenvalue weighted by Crippen LogP contribution is -2.31. The molecule has 0 amide bonds. The number of aliphatic imine (C=N–C) groups is 1. The van der Waals surface area contributed by atoms with Crippen molar-refractivity contribution in [1.82, 2.24) is 4.72 Å². The molecule has 2 aromatic rings. The Morgan fingerprint density at radius 2 is 1.65 bits per heavy atom. The number of nitrogens with one attached hydrogen (secondary N) is 1. The SMILES string of the molecule is CN=C(NS(=O)(=O)c1ccc(Br)cc1)c1ccccc1. The van der Waals surface area contributed by atoms with E-state index in [0.29, 0.717) is 5.84 Å². The van der Waals surface area contributed by atoms with Gasteiger partial charge in [-0.15, -0.1) is 0 Å². The van der Waals surface area contributed by atoms with Crippen LogP contribution in [0.5, 0.6) is 0 Å². The zero-order valence-electron chi connectivity index (χ0n) is 10.7. The van der Waals surface area contributed by atoms with E-state index in [9.17, 15) is 8.42 Å². The molecular formula is C14H13BrN2O2S. The van der Waals surface area contributed by atoms with Gasteiger partial charge in [0.05, 0.1) is 4.90 Å². The fourth-order valence-electron chi connectivity index (χ4n) is 1.63. The van der Waals surface area contributed by atoms with E-state index in [2.05, 4.69) is 25.6 Å². The van der Waals surface area contributed by atoms with Crippen molar-refractivity contribution in [2.24, 2.45) is 4.99 Å². The summed E-state index contributed by atoms with van der Waals surface area (Å²) in [5.74, 6) is 0.313. The molecule has 0 fully saturated rings. The molecule has 0 atom stereocenters. The first kappa shape index (κ1) is 14.7. The maximum atomic E-state index is 12.3. The van der Waals surface area contributed by atoms with Crippen LogP contribution in [0.15, 0.2) is 69.0 Å². The Balaban J connectivity index is 2.30. The number of hydrogen-bond donors (Lipinski definition) is 1. The van der Waals surface area contributed by atoms with Crippen LogP contribution in [-0.4, -0.2) is 21.3 Å². The molecule has 0 bridgehead atoms. The third kappa shape index (κ3) is 3.46. The van der Waals surface area contributed by atoms with Gasteiger partial charge < -0.3 is 0 Å². The van der Waals surface area contributed by atoms with Gasteiger partial charge in [0.2, 0.25) is 0 Å². The molecule has 1 N–H and O–H groups in total. The minimum Gasteiger partial charge on any atom is -0.271 e. The van der Waals surface area contributed by atoms with Gasteiger partial charge in [0.1, 0.15) is 5.84 Å². The van der Waals surface area contributed by atoms with Crippen LogP contribution in [0.2, 0.25) is 0 Å². The summed E-state index contributed by atoms with van der Waals surface area (Å²) in [5, 5.41) is 0. The topological polar surface area (TPSA) is 58.5 Å². The average molecular weight is 353 g/mol. The normalized spacial score (nSPS) is 12.2. The van der Waals surface area contributed by atoms with Crippen molar-refractivity contribution in [3.8, 4) is 0 Å². The number of amidine groups is 1. The Kier molecular flexibility index (Phi) is 4.57. The van der Waals surface area contributed by atoms with Gasteiger partial charge in [-0.2, -0.15) is 0 Å². The highest BCUT2D eigenvalue weighted by molar-refractivity contribution is 9.10. The van der Waals surface area contributed by atoms with Gasteiger partial charge in [-0.25, -0.2) is 8.42 Å². The fourth-order valence-corrected chi connectivity index (χ4v) is 2.97. The summed E-state index contributed by atoms with van der Waals surface area (Å²) in [7, 11) is -2.09. The first-order valence-electron chi connectivity index (χ1n) is 5.83. The van der Waals surface area contributed by atoms with Crippen LogP contribution in [0.4, 0.5) is 0 Å². The second-order valence-corrected chi connectivity index (χ2v) is 6.60. The summed E-state index contributed by atoms with van der Waals surface area (Å²) in [6, 6.07) is 15.5. The van der Waals surface area contributed by atoms with Crippen LogP contribution < -0.4 is 4.72 Å². The van der Waals surface area contributed by atoms with Gasteiger partial charge in [-0.05, 0) is 24.3 Å². The first-order valence-corrected chi connectivity index (χ1v) is 8.11. The molecule has 20 heavy (non-hydrogen) atoms. The number of halogens is 1. The molecule has 104 valence electrons. The largest absolute Gasteiger partial charge is 0.271 e. The van der Waals surface area contributed by atoms with Crippen LogP contribution in [0.3, 0.4) is 0 Å². The highest BCUT2D eigenvalue weighted by Crippen LogP contribution is 2.15. The zero-order chi connectivity index (χ0) is 14.6. The van der Waals surface area contributed by atoms with Crippen molar-refractivity contribution in [2.75, 3.05) is 7.05 Å². The van der Waals surface area contributed by atoms with E-state index in [4.69, 9.17) is 0 Å². The molecule has 0 unspecified atom stereocenters. The number of sulfonamides is 1. The van der Waals surface area contributed by atoms with Gasteiger partial charge in [0.25, 0.3) is 10.0 Å². The van der Waals surface area contributed by atoms with Gasteiger partial charge in [0.15, 0.2) is 0 Å². The lowest BCUT2D eigenvalue weighted by atomic mass is 10.2. The molecule has 0 aliphatic heterocycles. The molecule has 0 aliphatic rings. The molecule has 0 aromatic heterocycles. The average Bonchev–Trinajstić information content (AvgIpc) is 2.46. The van der Waals surface area contributed by atoms with Crippen LogP contribution in [0.1, 0.15) is 5.56 Å². The van der Waals surface area contributed by atoms with E-state index in [1.165, 1.54) is 12.1 Å². The molecule has 6 heteroatoms. The van der Waals surface area contributed by atoms with E-state index in [0.717, 1.165) is 10.0 Å². The smallest absolute Gasteiger partial charge is 0.263 e. The van der Waals surface area contributed by atoms with Crippen molar-refractivity contribution < 1.29 is 8.42 Å². The van der Waals surface area contributed by atoms with Crippen molar-refractivity contribution in [3.63, 3.8) is 0 Å². The van der Waals surface area contributed by atoms with E-state index in [1.54, 1.807) is 31.3 Å². The Morgan fingerprint density at radius 3 is 2.20 bits per heavy atom. The van der Waals surface area contributed by atoms with Crippen molar-refractivity contribution in [3.05, 3.63) is 64.6 Å². The molecule has 0 aliphatic carbocycles. The first-order chi connectivity index (χ1) is 9.53. The monoisotopic (exact) mass is 352 g/mol. The lowest BCUT2D eigenvalue weighted by Gasteiger charge is -2.10. The minimum absolute atomic E-state index is 0.192. The number of rotatable bonds is 3. The molecule has 4 nitrogen and oxygen atoms in total. The number of hydrogen-bond acceptors (Lipinski definition) is 3. The van der Waals surface area contributed by atoms with Gasteiger partial charge >= 0.3 is 0 Å². The molecule has 0 spiro atoms. The summed E-state index contributed by atoms with van der Waals surface area (Å²) in [4.78, 5) is 4.20. The van der Waals surface area contributed by atoms with Crippen molar-refractivity contribution in [2.45, 2.75) is 4.90 Å². The van der Waals surface area contributed by atoms with Crippen LogP contribution >= 0.6 is 15.9 Å². The van der Waals surface area contributed by atoms with Crippen LogP contribution in [0, 0.1) is 0 Å². The number of nitrogens with zero attached hydrogens (tertiary/aromatic N) is 1. The highest BCUT2D eigenvalue weighted by Gasteiger charge is 2.16. The molecular weight excluding hydrogens is 340 g/mol. The Bertz CT molecular complexity index is 711. The molecule has 0 heterocycles. The maximum absolute atomic E-state index is 12.3. The van der Waals surface area contributed by atoms with E-state index >= 15 is 0 Å². The predicted octanol–water partition coefficient (Wildman–Crippen LogP) is 2.80. The fraction of sp³-hybridized carbons (Fsp3) is 0.0714. The minimum atomic E-state index is -3.64. The van der Waals surface area contributed by atoms with Gasteiger partial charge in [-0.3, -0.25) is 9.71 Å². The van der Waals surface area contributed by atoms with Crippen molar-refractivity contribution >= 4 is 31.8 Å². The standard InChI is InChI=1S/C14H13BrN2O2S/c1-16-14(11-5-3-2-4-6-11)17-20(18,19)13-9-7-12(15)8-10-13/h2-10H,1H3,(H,16,17). The lowest BCUT2D eigenvalue weighted by molar-refractivity contribution is 0.592. The molecule has 0 saturated carbocycles. The second-order valence-electron chi connectivity index (χ2n) is 4.00. The van der Waals surface area contributed by atoms with Crippen LogP contribution in [-0.2, 0) is 10.0 Å². The number of benzene rings is 2. The quantitative estimate of drug-likeness (QED) is 0.681. The summed E-state index contributed by atoms with van der Waals surface area (Å²) in [5.41, 5.74) is 0.718. The summed E-state index contributed by atoms with van der Waals surface area (Å²) in [6.07, 6.45) is 0. The zero-order valence-corrected chi connectivity index (χ0v) is 13.1. The Labute approximate surface area is 126 Å². The Hall–Kier alpha value is -1.66. The van der Waals surface area contributed by atoms with E-state index < -0.39 is 10.0 Å². The van der Waals surface area contributed by atoms with Crippen molar-refractivity contribution in [1.29, 1.82) is 0 Å². The Morgan fingerprint density at radius 1 is 1.05 bits per heavy atom. The van der Waals surface area contributed by atoms with E-state index in [1.807, 2.05) is 18.2 Å². The molecule has 0 saturated heterocycles. The van der Waals surface area contributed by atoms with Gasteiger partial charge in [-0.1, -0.05) is 46.3 Å². The molecule has 2 aromatic carbocycles. The third-order valence-electron chi connectivity index (χ3n) is 2.63. The second kappa shape index (κ2) is 6.19. The highest BCUT2D eigenvalue weighted by atomic mass is 79.9. The maximum Gasteiger partial charge on any atom is 0.263 e. The van der Waals surface area contributed by atoms with Gasteiger partial charge in [0, 0.05) is 17.1 Å². The molecule has 0 radical (unpaired) electrons. The van der Waals surface area contributed by atoms with E-state index in [-0.39, 0.29) is 4.90 Å². The third-order valence-corrected chi connectivity index (χ3v) is 4.51.